The van der Waals surface area contributed by atoms with Crippen LogP contribution < -0.4 is 21.7 Å². The summed E-state index contributed by atoms with van der Waals surface area (Å²) in [5, 5.41) is 18.4. The minimum atomic E-state index is -0.949. The Morgan fingerprint density at radius 2 is 2.12 bits per heavy atom. The van der Waals surface area contributed by atoms with Crippen molar-refractivity contribution in [1.82, 2.24) is 20.5 Å². The lowest BCUT2D eigenvalue weighted by atomic mass is 10.0. The van der Waals surface area contributed by atoms with E-state index in [1.54, 1.807) is 43.6 Å². The fourth-order valence-corrected chi connectivity index (χ4v) is 4.65. The number of fused-ring (bicyclic) bond motifs is 2. The normalized spacial score (nSPS) is 18.7. The fourth-order valence-electron chi connectivity index (χ4n) is 3.87. The van der Waals surface area contributed by atoms with Crippen molar-refractivity contribution in [2.45, 2.75) is 25.2 Å². The van der Waals surface area contributed by atoms with Gasteiger partial charge in [-0.25, -0.2) is 14.6 Å². The summed E-state index contributed by atoms with van der Waals surface area (Å²) in [6.45, 7) is 0.701. The molecule has 0 aliphatic carbocycles. The first-order valence-electron chi connectivity index (χ1n) is 10.4. The molecule has 4 heterocycles. The summed E-state index contributed by atoms with van der Waals surface area (Å²) >= 11 is 1.21. The number of hydrogen-bond acceptors (Lipinski definition) is 9. The van der Waals surface area contributed by atoms with Crippen LogP contribution in [0.2, 0.25) is 0 Å². The number of carbonyl (C=O) groups excluding carboxylic acids is 1. The molecule has 5 rings (SSSR count). The van der Waals surface area contributed by atoms with Crippen molar-refractivity contribution in [2.24, 2.45) is 17.0 Å². The number of aliphatic imine (C=N–C) groups is 2. The van der Waals surface area contributed by atoms with Gasteiger partial charge in [0.25, 0.3) is 5.91 Å². The van der Waals surface area contributed by atoms with Gasteiger partial charge < -0.3 is 25.5 Å². The third kappa shape index (κ3) is 3.99. The summed E-state index contributed by atoms with van der Waals surface area (Å²) in [4.78, 5) is 45.4. The first kappa shape index (κ1) is 21.6. The lowest BCUT2D eigenvalue weighted by Crippen LogP contribution is -2.49. The molecule has 12 heteroatoms. The number of nitrogens with one attached hydrogen (secondary N) is 3. The molecule has 0 bridgehead atoms. The van der Waals surface area contributed by atoms with E-state index in [4.69, 9.17) is 9.52 Å². The molecule has 0 fully saturated rings. The van der Waals surface area contributed by atoms with E-state index in [-0.39, 0.29) is 23.4 Å². The summed E-state index contributed by atoms with van der Waals surface area (Å²) < 4.78 is 6.54. The molecule has 34 heavy (non-hydrogen) atoms. The Labute approximate surface area is 196 Å². The van der Waals surface area contributed by atoms with E-state index < -0.39 is 17.8 Å². The van der Waals surface area contributed by atoms with E-state index in [2.05, 4.69) is 25.9 Å². The number of hydrogen-bond donors (Lipinski definition) is 4. The maximum Gasteiger partial charge on any atom is 0.419 e. The zero-order valence-electron chi connectivity index (χ0n) is 17.9. The van der Waals surface area contributed by atoms with Gasteiger partial charge in [0.2, 0.25) is 0 Å². The lowest BCUT2D eigenvalue weighted by molar-refractivity contribution is -0.115. The standard InChI is InChI=1S/C22H20N6O5S/c1-28-14-6-11(2-4-15(14)33-22(28)32)7-25-20(29)19-18-17(26-10-27-19)13(9-24-18)23-8-12-3-5-16(34-12)21(30)31/h2-6,9-10,17-18,23-24H,7-8H2,1H3,(H,25,29)(H,30,31). The molecular formula is C22H20N6O5S. The number of carboxylic acids is 1. The summed E-state index contributed by atoms with van der Waals surface area (Å²) in [7, 11) is 1.63. The van der Waals surface area contributed by atoms with Crippen LogP contribution in [0, 0.1) is 0 Å². The minimum Gasteiger partial charge on any atom is -0.477 e. The quantitative estimate of drug-likeness (QED) is 0.393. The third-order valence-corrected chi connectivity index (χ3v) is 6.73. The van der Waals surface area contributed by atoms with E-state index in [1.165, 1.54) is 22.2 Å². The molecule has 0 saturated heterocycles. The highest BCUT2D eigenvalue weighted by molar-refractivity contribution is 7.13. The highest BCUT2D eigenvalue weighted by Gasteiger charge is 2.37. The number of aromatic nitrogens is 1. The van der Waals surface area contributed by atoms with Crippen molar-refractivity contribution < 1.29 is 19.1 Å². The Bertz CT molecular complexity index is 1450. The van der Waals surface area contributed by atoms with Crippen molar-refractivity contribution in [2.75, 3.05) is 0 Å². The van der Waals surface area contributed by atoms with Crippen LogP contribution in [0.25, 0.3) is 11.1 Å². The summed E-state index contributed by atoms with van der Waals surface area (Å²) in [6.07, 6.45) is 3.14. The number of rotatable bonds is 7. The van der Waals surface area contributed by atoms with Crippen molar-refractivity contribution in [3.63, 3.8) is 0 Å². The van der Waals surface area contributed by atoms with E-state index in [9.17, 15) is 14.4 Å². The Morgan fingerprint density at radius 1 is 1.26 bits per heavy atom. The van der Waals surface area contributed by atoms with E-state index in [0.717, 1.165) is 16.1 Å². The fraction of sp³-hybridized carbons (Fsp3) is 0.227. The van der Waals surface area contributed by atoms with Gasteiger partial charge in [0.15, 0.2) is 5.58 Å². The van der Waals surface area contributed by atoms with Gasteiger partial charge in [-0.2, -0.15) is 0 Å². The van der Waals surface area contributed by atoms with Gasteiger partial charge in [0, 0.05) is 31.2 Å². The van der Waals surface area contributed by atoms with Gasteiger partial charge in [0.1, 0.15) is 29.0 Å². The van der Waals surface area contributed by atoms with Crippen LogP contribution in [0.3, 0.4) is 0 Å². The SMILES string of the molecule is Cn1c(=O)oc2ccc(CNC(=O)C3=NC=NC4C(NCc5ccc(C(=O)O)s5)=CNC34)cc21. The first-order chi connectivity index (χ1) is 16.4. The number of amides is 1. The first-order valence-corrected chi connectivity index (χ1v) is 11.2. The number of thiophene rings is 1. The zero-order valence-corrected chi connectivity index (χ0v) is 18.8. The third-order valence-electron chi connectivity index (χ3n) is 5.65. The second-order valence-corrected chi connectivity index (χ2v) is 8.97. The molecule has 2 aromatic heterocycles. The smallest absolute Gasteiger partial charge is 0.419 e. The molecule has 0 saturated carbocycles. The van der Waals surface area contributed by atoms with Crippen molar-refractivity contribution >= 4 is 46.4 Å². The number of nitrogens with zero attached hydrogens (tertiary/aromatic N) is 3. The largest absolute Gasteiger partial charge is 0.477 e. The van der Waals surface area contributed by atoms with Crippen LogP contribution >= 0.6 is 11.3 Å². The second-order valence-electron chi connectivity index (χ2n) is 7.80. The lowest BCUT2D eigenvalue weighted by Gasteiger charge is -2.23. The van der Waals surface area contributed by atoms with Crippen LogP contribution in [-0.4, -0.2) is 45.7 Å². The topological polar surface area (TPSA) is 150 Å². The number of oxazole rings is 1. The number of aromatic carboxylic acids is 1. The molecule has 1 amide bonds. The average molecular weight is 481 g/mol. The van der Waals surface area contributed by atoms with E-state index in [0.29, 0.717) is 23.4 Å². The Kier molecular flexibility index (Phi) is 5.49. The summed E-state index contributed by atoms with van der Waals surface area (Å²) in [6, 6.07) is 7.88. The molecule has 0 radical (unpaired) electrons. The molecule has 4 N–H and O–H groups in total. The van der Waals surface area contributed by atoms with Gasteiger partial charge in [-0.3, -0.25) is 14.4 Å². The monoisotopic (exact) mass is 480 g/mol. The predicted octanol–water partition coefficient (Wildman–Crippen LogP) is 0.962. The van der Waals surface area contributed by atoms with Crippen LogP contribution in [0.4, 0.5) is 0 Å². The minimum absolute atomic E-state index is 0.254. The van der Waals surface area contributed by atoms with Crippen LogP contribution in [-0.2, 0) is 24.9 Å². The summed E-state index contributed by atoms with van der Waals surface area (Å²) in [5.41, 5.74) is 3.06. The number of benzene rings is 1. The van der Waals surface area contributed by atoms with E-state index in [1.807, 2.05) is 0 Å². The van der Waals surface area contributed by atoms with Crippen LogP contribution in [0.15, 0.2) is 61.4 Å². The average Bonchev–Trinajstić information content (AvgIpc) is 3.54. The van der Waals surface area contributed by atoms with Crippen molar-refractivity contribution in [3.8, 4) is 0 Å². The van der Waals surface area contributed by atoms with Gasteiger partial charge >= 0.3 is 11.7 Å². The second kappa shape index (κ2) is 8.63. The molecule has 2 atom stereocenters. The molecule has 174 valence electrons. The Hall–Kier alpha value is -4.19. The number of aryl methyl sites for hydroxylation is 1. The molecule has 2 unspecified atom stereocenters. The van der Waals surface area contributed by atoms with Crippen molar-refractivity contribution in [1.29, 1.82) is 0 Å². The molecule has 11 nitrogen and oxygen atoms in total. The number of carbonyl (C=O) groups is 2. The molecule has 0 spiro atoms. The summed E-state index contributed by atoms with van der Waals surface area (Å²) in [5.74, 6) is -1.71. The van der Waals surface area contributed by atoms with Crippen LogP contribution in [0.5, 0.6) is 0 Å². The van der Waals surface area contributed by atoms with Gasteiger partial charge in [-0.1, -0.05) is 6.07 Å². The zero-order chi connectivity index (χ0) is 23.8. The van der Waals surface area contributed by atoms with E-state index >= 15 is 0 Å². The van der Waals surface area contributed by atoms with Crippen LogP contribution in [0.1, 0.15) is 20.1 Å². The maximum atomic E-state index is 12.9. The van der Waals surface area contributed by atoms with Gasteiger partial charge in [-0.15, -0.1) is 11.3 Å². The predicted molar refractivity (Wildman–Crippen MR) is 126 cm³/mol. The molecular weight excluding hydrogens is 460 g/mol. The Balaban J connectivity index is 1.21. The molecule has 2 aliphatic rings. The number of carboxylic acid groups (broad SMARTS) is 1. The van der Waals surface area contributed by atoms with Gasteiger partial charge in [0.05, 0.1) is 11.2 Å². The molecule has 1 aromatic carbocycles. The molecule has 2 aliphatic heterocycles. The van der Waals surface area contributed by atoms with Gasteiger partial charge in [-0.05, 0) is 29.8 Å². The Morgan fingerprint density at radius 3 is 2.91 bits per heavy atom. The highest BCUT2D eigenvalue weighted by atomic mass is 32.1. The highest BCUT2D eigenvalue weighted by Crippen LogP contribution is 2.22. The maximum absolute atomic E-state index is 12.9. The molecule has 3 aromatic rings. The van der Waals surface area contributed by atoms with Crippen molar-refractivity contribution in [3.05, 3.63) is 68.1 Å².